The normalized spacial score (nSPS) is 27.3. The first-order chi connectivity index (χ1) is 11.1. The van der Waals surface area contributed by atoms with Gasteiger partial charge in [0.2, 0.25) is 0 Å². The topological polar surface area (TPSA) is 70.6 Å². The summed E-state index contributed by atoms with van der Waals surface area (Å²) in [7, 11) is 0. The Morgan fingerprint density at radius 1 is 1.17 bits per heavy atom. The maximum atomic E-state index is 12.3. The van der Waals surface area contributed by atoms with Crippen molar-refractivity contribution in [2.24, 2.45) is 0 Å². The fraction of sp³-hybridized carbons (Fsp3) is 0.588. The van der Waals surface area contributed by atoms with Crippen molar-refractivity contribution >= 4 is 17.6 Å². The highest BCUT2D eigenvalue weighted by Crippen LogP contribution is 2.33. The molecule has 2 aliphatic rings. The zero-order valence-corrected chi connectivity index (χ0v) is 13.8. The lowest BCUT2D eigenvalue weighted by atomic mass is 9.93. The van der Waals surface area contributed by atoms with E-state index in [9.17, 15) is 9.90 Å². The van der Waals surface area contributed by atoms with Crippen molar-refractivity contribution in [3.05, 3.63) is 28.8 Å². The van der Waals surface area contributed by atoms with Gasteiger partial charge in [-0.05, 0) is 50.7 Å². The molecule has 1 aromatic rings. The number of aliphatic hydroxyl groups excluding tert-OH is 1. The molecule has 5 nitrogen and oxygen atoms in total. The first-order valence-electron chi connectivity index (χ1n) is 8.29. The lowest BCUT2D eigenvalue weighted by molar-refractivity contribution is 0.117. The summed E-state index contributed by atoms with van der Waals surface area (Å²) in [5.41, 5.74) is 0.973. The van der Waals surface area contributed by atoms with Gasteiger partial charge in [0.05, 0.1) is 18.8 Å². The number of carbonyl (C=O) groups excluding carboxylic acids is 1. The Bertz CT molecular complexity index is 559. The van der Waals surface area contributed by atoms with Gasteiger partial charge >= 0.3 is 6.03 Å². The van der Waals surface area contributed by atoms with Crippen LogP contribution in [0.1, 0.15) is 50.1 Å². The first kappa shape index (κ1) is 16.4. The van der Waals surface area contributed by atoms with Crippen molar-refractivity contribution < 1.29 is 14.6 Å². The predicted molar refractivity (Wildman–Crippen MR) is 88.9 cm³/mol. The molecule has 0 saturated heterocycles. The van der Waals surface area contributed by atoms with Gasteiger partial charge < -0.3 is 20.5 Å². The van der Waals surface area contributed by atoms with Crippen molar-refractivity contribution in [3.63, 3.8) is 0 Å². The molecule has 0 aromatic heterocycles. The maximum absolute atomic E-state index is 12.3. The third-order valence-electron chi connectivity index (χ3n) is 4.58. The Labute approximate surface area is 141 Å². The third kappa shape index (κ3) is 4.30. The van der Waals surface area contributed by atoms with Crippen LogP contribution in [0.5, 0.6) is 5.75 Å². The summed E-state index contributed by atoms with van der Waals surface area (Å²) in [6, 6.07) is 5.47. The molecule has 0 radical (unpaired) electrons. The lowest BCUT2D eigenvalue weighted by Gasteiger charge is -2.27. The molecule has 1 saturated carbocycles. The number of amides is 2. The summed E-state index contributed by atoms with van der Waals surface area (Å²) in [6.07, 6.45) is 4.67. The minimum absolute atomic E-state index is 0.0704. The van der Waals surface area contributed by atoms with Gasteiger partial charge in [0.25, 0.3) is 0 Å². The highest BCUT2D eigenvalue weighted by molar-refractivity contribution is 6.30. The van der Waals surface area contributed by atoms with Crippen LogP contribution >= 0.6 is 11.6 Å². The lowest BCUT2D eigenvalue weighted by Crippen LogP contribution is -2.45. The van der Waals surface area contributed by atoms with Crippen molar-refractivity contribution in [1.82, 2.24) is 10.6 Å². The van der Waals surface area contributed by atoms with Gasteiger partial charge in [-0.3, -0.25) is 0 Å². The second-order valence-electron chi connectivity index (χ2n) is 6.35. The number of urea groups is 1. The SMILES string of the molecule is O=C(NC1CCC(O)CC1)NC1CCCOc2cc(Cl)ccc21. The molecule has 2 amide bonds. The molecule has 3 N–H and O–H groups in total. The van der Waals surface area contributed by atoms with E-state index >= 15 is 0 Å². The number of fused-ring (bicyclic) bond motifs is 1. The average Bonchev–Trinajstić information content (AvgIpc) is 2.71. The highest BCUT2D eigenvalue weighted by Gasteiger charge is 2.24. The molecule has 0 spiro atoms. The van der Waals surface area contributed by atoms with Crippen LogP contribution in [-0.2, 0) is 0 Å². The number of ether oxygens (including phenoxy) is 1. The van der Waals surface area contributed by atoms with Crippen LogP contribution < -0.4 is 15.4 Å². The van der Waals surface area contributed by atoms with Crippen LogP contribution in [-0.4, -0.2) is 29.9 Å². The maximum Gasteiger partial charge on any atom is 0.315 e. The molecule has 1 unspecified atom stereocenters. The average molecular weight is 339 g/mol. The molecule has 6 heteroatoms. The summed E-state index contributed by atoms with van der Waals surface area (Å²) in [6.45, 7) is 0.633. The van der Waals surface area contributed by atoms with Gasteiger partial charge in [-0.15, -0.1) is 0 Å². The molecule has 1 aromatic carbocycles. The van der Waals surface area contributed by atoms with Crippen molar-refractivity contribution in [1.29, 1.82) is 0 Å². The molecule has 1 atom stereocenters. The predicted octanol–water partition coefficient (Wildman–Crippen LogP) is 3.16. The molecule has 1 aliphatic heterocycles. The summed E-state index contributed by atoms with van der Waals surface area (Å²) in [5.74, 6) is 0.751. The van der Waals surface area contributed by atoms with E-state index in [2.05, 4.69) is 10.6 Å². The quantitative estimate of drug-likeness (QED) is 0.775. The number of rotatable bonds is 2. The Morgan fingerprint density at radius 3 is 2.74 bits per heavy atom. The van der Waals surface area contributed by atoms with Crippen LogP contribution in [0, 0.1) is 0 Å². The largest absolute Gasteiger partial charge is 0.493 e. The van der Waals surface area contributed by atoms with E-state index in [4.69, 9.17) is 16.3 Å². The number of hydrogen-bond donors (Lipinski definition) is 3. The zero-order valence-electron chi connectivity index (χ0n) is 13.1. The molecule has 0 bridgehead atoms. The van der Waals surface area contributed by atoms with Crippen molar-refractivity contribution in [3.8, 4) is 5.75 Å². The number of halogens is 1. The minimum atomic E-state index is -0.216. The molecule has 126 valence electrons. The van der Waals surface area contributed by atoms with Crippen LogP contribution in [0.15, 0.2) is 18.2 Å². The Morgan fingerprint density at radius 2 is 1.96 bits per heavy atom. The monoisotopic (exact) mass is 338 g/mol. The smallest absolute Gasteiger partial charge is 0.315 e. The van der Waals surface area contributed by atoms with E-state index in [1.54, 1.807) is 6.07 Å². The fourth-order valence-electron chi connectivity index (χ4n) is 3.30. The third-order valence-corrected chi connectivity index (χ3v) is 4.82. The number of hydrogen-bond acceptors (Lipinski definition) is 3. The Balaban J connectivity index is 1.62. The second-order valence-corrected chi connectivity index (χ2v) is 6.79. The first-order valence-corrected chi connectivity index (χ1v) is 8.67. The van der Waals surface area contributed by atoms with Gasteiger partial charge in [-0.25, -0.2) is 4.79 Å². The Hall–Kier alpha value is -1.46. The molecule has 1 aliphatic carbocycles. The number of nitrogens with one attached hydrogen (secondary N) is 2. The van der Waals surface area contributed by atoms with Crippen LogP contribution in [0.3, 0.4) is 0 Å². The van der Waals surface area contributed by atoms with E-state index in [0.29, 0.717) is 11.6 Å². The van der Waals surface area contributed by atoms with Crippen molar-refractivity contribution in [2.45, 2.75) is 56.7 Å². The van der Waals surface area contributed by atoms with Gasteiger partial charge in [0, 0.05) is 16.6 Å². The summed E-state index contributed by atoms with van der Waals surface area (Å²) < 4.78 is 5.72. The van der Waals surface area contributed by atoms with E-state index < -0.39 is 0 Å². The number of benzene rings is 1. The van der Waals surface area contributed by atoms with Crippen LogP contribution in [0.4, 0.5) is 4.79 Å². The van der Waals surface area contributed by atoms with Gasteiger partial charge in [0.1, 0.15) is 5.75 Å². The van der Waals surface area contributed by atoms with Gasteiger partial charge in [0.15, 0.2) is 0 Å². The van der Waals surface area contributed by atoms with Gasteiger partial charge in [-0.1, -0.05) is 17.7 Å². The standard InChI is InChI=1S/C17H23ClN2O3/c18-11-3-8-14-15(2-1-9-23-16(14)10-11)20-17(22)19-12-4-6-13(21)7-5-12/h3,8,10,12-13,15,21H,1-2,4-7,9H2,(H2,19,20,22). The minimum Gasteiger partial charge on any atom is -0.493 e. The van der Waals surface area contributed by atoms with Gasteiger partial charge in [-0.2, -0.15) is 0 Å². The van der Waals surface area contributed by atoms with Crippen molar-refractivity contribution in [2.75, 3.05) is 6.61 Å². The summed E-state index contributed by atoms with van der Waals surface area (Å²) >= 11 is 6.02. The second kappa shape index (κ2) is 7.41. The molecular weight excluding hydrogens is 316 g/mol. The molecule has 23 heavy (non-hydrogen) atoms. The zero-order chi connectivity index (χ0) is 16.2. The van der Waals surface area contributed by atoms with Crippen LogP contribution in [0.25, 0.3) is 0 Å². The highest BCUT2D eigenvalue weighted by atomic mass is 35.5. The van der Waals surface area contributed by atoms with E-state index in [-0.39, 0.29) is 24.2 Å². The van der Waals surface area contributed by atoms with E-state index in [1.807, 2.05) is 12.1 Å². The molecular formula is C17H23ClN2O3. The molecule has 1 fully saturated rings. The summed E-state index contributed by atoms with van der Waals surface area (Å²) in [5, 5.41) is 16.2. The summed E-state index contributed by atoms with van der Waals surface area (Å²) in [4.78, 5) is 12.3. The molecule has 3 rings (SSSR count). The van der Waals surface area contributed by atoms with Crippen LogP contribution in [0.2, 0.25) is 5.02 Å². The Kier molecular flexibility index (Phi) is 5.28. The van der Waals surface area contributed by atoms with E-state index in [1.165, 1.54) is 0 Å². The van der Waals surface area contributed by atoms with E-state index in [0.717, 1.165) is 49.8 Å². The molecule has 1 heterocycles. The number of aliphatic hydroxyl groups is 1. The number of carbonyl (C=O) groups is 1. The fourth-order valence-corrected chi connectivity index (χ4v) is 3.46.